The lowest BCUT2D eigenvalue weighted by Crippen LogP contribution is -2.57. The van der Waals surface area contributed by atoms with E-state index in [0.29, 0.717) is 75.7 Å². The number of nitrogens with zero attached hydrogens (tertiary/aromatic N) is 4. The average molecular weight is 622 g/mol. The van der Waals surface area contributed by atoms with Gasteiger partial charge in [-0.05, 0) is 78.1 Å². The molecule has 0 spiro atoms. The molecule has 2 aromatic carbocycles. The van der Waals surface area contributed by atoms with Crippen LogP contribution < -0.4 is 25.4 Å². The number of amides is 1. The van der Waals surface area contributed by atoms with Gasteiger partial charge in [-0.15, -0.1) is 0 Å². The van der Waals surface area contributed by atoms with Gasteiger partial charge >= 0.3 is 0 Å². The minimum atomic E-state index is -0.107. The number of anilines is 3. The highest BCUT2D eigenvalue weighted by atomic mass is 35.5. The topological polar surface area (TPSA) is 115 Å². The van der Waals surface area contributed by atoms with E-state index in [2.05, 4.69) is 45.8 Å². The highest BCUT2D eigenvalue weighted by molar-refractivity contribution is 6.32. The third-order valence-corrected chi connectivity index (χ3v) is 7.90. The monoisotopic (exact) mass is 621 g/mol. The maximum atomic E-state index is 12.8. The zero-order valence-electron chi connectivity index (χ0n) is 26.4. The van der Waals surface area contributed by atoms with Crippen molar-refractivity contribution in [1.82, 2.24) is 20.1 Å². The van der Waals surface area contributed by atoms with Crippen molar-refractivity contribution < 1.29 is 14.3 Å². The molecule has 44 heavy (non-hydrogen) atoms. The van der Waals surface area contributed by atoms with E-state index in [0.717, 1.165) is 39.0 Å². The Morgan fingerprint density at radius 2 is 2.05 bits per heavy atom. The molecule has 3 aromatic rings. The summed E-state index contributed by atoms with van der Waals surface area (Å²) in [6, 6.07) is 12.0. The second-order valence-electron chi connectivity index (χ2n) is 11.4. The van der Waals surface area contributed by atoms with E-state index in [4.69, 9.17) is 21.1 Å². The molecular formula is C33H44ClN7O3. The van der Waals surface area contributed by atoms with Crippen LogP contribution in [0.2, 0.25) is 5.02 Å². The molecule has 2 atom stereocenters. The largest absolute Gasteiger partial charge is 0.492 e. The van der Waals surface area contributed by atoms with E-state index in [1.807, 2.05) is 38.1 Å². The van der Waals surface area contributed by atoms with Crippen LogP contribution in [-0.2, 0) is 4.79 Å². The Bertz CT molecular complexity index is 1480. The molecule has 2 unspecified atom stereocenters. The smallest absolute Gasteiger partial charge is 0.224 e. The van der Waals surface area contributed by atoms with Crippen LogP contribution >= 0.6 is 11.6 Å². The molecule has 1 fully saturated rings. The highest BCUT2D eigenvalue weighted by Gasteiger charge is 2.25. The molecule has 236 valence electrons. The number of ether oxygens (including phenoxy) is 2. The normalized spacial score (nSPS) is 17.0. The fourth-order valence-electron chi connectivity index (χ4n) is 5.32. The highest BCUT2D eigenvalue weighted by Crippen LogP contribution is 2.37. The van der Waals surface area contributed by atoms with E-state index in [1.165, 1.54) is 6.20 Å². The van der Waals surface area contributed by atoms with Crippen LogP contribution in [0.1, 0.15) is 45.6 Å². The predicted octanol–water partition coefficient (Wildman–Crippen LogP) is 5.63. The molecule has 1 aliphatic rings. The minimum Gasteiger partial charge on any atom is -0.492 e. The maximum absolute atomic E-state index is 12.8. The Morgan fingerprint density at radius 1 is 1.23 bits per heavy atom. The minimum absolute atomic E-state index is 0.107. The van der Waals surface area contributed by atoms with Gasteiger partial charge in [-0.3, -0.25) is 14.7 Å². The van der Waals surface area contributed by atoms with Crippen molar-refractivity contribution >= 4 is 45.5 Å². The molecule has 0 radical (unpaired) electrons. The number of halogens is 1. The van der Waals surface area contributed by atoms with E-state index >= 15 is 0 Å². The molecular weight excluding hydrogens is 578 g/mol. The van der Waals surface area contributed by atoms with Crippen molar-refractivity contribution in [3.8, 4) is 17.6 Å². The van der Waals surface area contributed by atoms with Crippen LogP contribution in [0, 0.1) is 11.3 Å². The summed E-state index contributed by atoms with van der Waals surface area (Å²) in [6.07, 6.45) is 3.76. The molecule has 11 heteroatoms. The van der Waals surface area contributed by atoms with E-state index in [1.54, 1.807) is 18.2 Å². The standard InChI is InChI=1S/C33H44ClN7O3/c1-6-12-41-20-25(36-18-22(41)3)21-44-30-11-10-24(14-27(30)34)38-33-23(17-35)19-37-28-16-31(43-7-2)29(15-26(28)33)39-32(42)9-8-13-40(4)5/h10-11,14-16,19,22,25,36H,6-9,12-13,18,20-21H2,1-5H3,(H,37,38)(H,39,42). The number of rotatable bonds is 14. The van der Waals surface area contributed by atoms with Gasteiger partial charge in [0.15, 0.2) is 0 Å². The first-order valence-corrected chi connectivity index (χ1v) is 15.7. The number of nitriles is 1. The van der Waals surface area contributed by atoms with E-state index in [9.17, 15) is 10.1 Å². The molecule has 10 nitrogen and oxygen atoms in total. The predicted molar refractivity (Wildman–Crippen MR) is 177 cm³/mol. The van der Waals surface area contributed by atoms with Crippen molar-refractivity contribution in [2.24, 2.45) is 0 Å². The Labute approximate surface area is 265 Å². The summed E-state index contributed by atoms with van der Waals surface area (Å²) >= 11 is 6.67. The molecule has 1 amide bonds. The summed E-state index contributed by atoms with van der Waals surface area (Å²) in [7, 11) is 3.96. The first kappa shape index (κ1) is 33.3. The molecule has 1 aliphatic heterocycles. The van der Waals surface area contributed by atoms with Gasteiger partial charge in [0.25, 0.3) is 0 Å². The van der Waals surface area contributed by atoms with Gasteiger partial charge in [-0.25, -0.2) is 0 Å². The van der Waals surface area contributed by atoms with Crippen LogP contribution in [0.15, 0.2) is 36.5 Å². The van der Waals surface area contributed by atoms with Gasteiger partial charge in [0.2, 0.25) is 5.91 Å². The number of pyridine rings is 1. The second kappa shape index (κ2) is 15.9. The number of aromatic nitrogens is 1. The fraction of sp³-hybridized carbons (Fsp3) is 0.485. The van der Waals surface area contributed by atoms with Crippen molar-refractivity contribution in [3.63, 3.8) is 0 Å². The van der Waals surface area contributed by atoms with Crippen LogP contribution in [0.5, 0.6) is 11.5 Å². The van der Waals surface area contributed by atoms with Gasteiger partial charge in [-0.2, -0.15) is 5.26 Å². The van der Waals surface area contributed by atoms with E-state index in [-0.39, 0.29) is 11.9 Å². The average Bonchev–Trinajstić information content (AvgIpc) is 2.99. The molecule has 3 N–H and O–H groups in total. The molecule has 1 aromatic heterocycles. The van der Waals surface area contributed by atoms with Gasteiger partial charge in [-0.1, -0.05) is 18.5 Å². The Morgan fingerprint density at radius 3 is 2.75 bits per heavy atom. The van der Waals surface area contributed by atoms with Crippen molar-refractivity contribution in [1.29, 1.82) is 5.26 Å². The molecule has 0 bridgehead atoms. The van der Waals surface area contributed by atoms with Gasteiger partial charge in [0.05, 0.1) is 40.1 Å². The molecule has 0 aliphatic carbocycles. The lowest BCUT2D eigenvalue weighted by atomic mass is 10.1. The molecule has 1 saturated heterocycles. The molecule has 0 saturated carbocycles. The van der Waals surface area contributed by atoms with E-state index < -0.39 is 0 Å². The summed E-state index contributed by atoms with van der Waals surface area (Å²) in [5, 5.41) is 21.0. The fourth-order valence-corrected chi connectivity index (χ4v) is 5.55. The van der Waals surface area contributed by atoms with Gasteiger partial charge in [0, 0.05) is 48.9 Å². The number of piperazine rings is 1. The summed E-state index contributed by atoms with van der Waals surface area (Å²) in [4.78, 5) is 21.8. The third kappa shape index (κ3) is 8.73. The summed E-state index contributed by atoms with van der Waals surface area (Å²) < 4.78 is 12.0. The second-order valence-corrected chi connectivity index (χ2v) is 11.8. The van der Waals surface area contributed by atoms with Crippen molar-refractivity contribution in [3.05, 3.63) is 47.1 Å². The number of hydrogen-bond donors (Lipinski definition) is 3. The molecule has 2 heterocycles. The quantitative estimate of drug-likeness (QED) is 0.211. The SMILES string of the molecule is CCCN1CC(COc2ccc(Nc3c(C#N)cnc4cc(OCC)c(NC(=O)CCCN(C)C)cc34)cc2Cl)NCC1C. The van der Waals surface area contributed by atoms with Crippen molar-refractivity contribution in [2.45, 2.75) is 52.1 Å². The zero-order chi connectivity index (χ0) is 31.6. The number of nitrogens with one attached hydrogen (secondary N) is 3. The number of benzene rings is 2. The number of carbonyl (C=O) groups excluding carboxylic acids is 1. The van der Waals surface area contributed by atoms with Crippen LogP contribution in [-0.4, -0.2) is 86.3 Å². The van der Waals surface area contributed by atoms with Gasteiger partial charge in [0.1, 0.15) is 24.2 Å². The first-order chi connectivity index (χ1) is 21.2. The maximum Gasteiger partial charge on any atom is 0.224 e. The van der Waals surface area contributed by atoms with Gasteiger partial charge < -0.3 is 30.3 Å². The number of hydrogen-bond acceptors (Lipinski definition) is 9. The zero-order valence-corrected chi connectivity index (χ0v) is 27.1. The number of fused-ring (bicyclic) bond motifs is 1. The third-order valence-electron chi connectivity index (χ3n) is 7.61. The summed E-state index contributed by atoms with van der Waals surface area (Å²) in [6.45, 7) is 11.0. The van der Waals surface area contributed by atoms with Crippen LogP contribution in [0.4, 0.5) is 17.1 Å². The van der Waals surface area contributed by atoms with Crippen molar-refractivity contribution in [2.75, 3.05) is 64.1 Å². The Hall–Kier alpha value is -3.62. The summed E-state index contributed by atoms with van der Waals surface area (Å²) in [5.41, 5.74) is 2.76. The molecule has 4 rings (SSSR count). The van der Waals surface area contributed by atoms with Crippen LogP contribution in [0.3, 0.4) is 0 Å². The Balaban J connectivity index is 1.54. The summed E-state index contributed by atoms with van der Waals surface area (Å²) in [5.74, 6) is 1.01. The lowest BCUT2D eigenvalue weighted by molar-refractivity contribution is -0.116. The Kier molecular flexibility index (Phi) is 12.0. The number of carbonyl (C=O) groups is 1. The van der Waals surface area contributed by atoms with Crippen LogP contribution in [0.25, 0.3) is 10.9 Å². The first-order valence-electron chi connectivity index (χ1n) is 15.3. The lowest BCUT2D eigenvalue weighted by Gasteiger charge is -2.38.